The molecule has 404 valence electrons. The van der Waals surface area contributed by atoms with Gasteiger partial charge in [-0.05, 0) is 123 Å². The van der Waals surface area contributed by atoms with E-state index in [-0.39, 0.29) is 33.6 Å². The lowest BCUT2D eigenvalue weighted by molar-refractivity contribution is 0.0511. The van der Waals surface area contributed by atoms with Gasteiger partial charge in [-0.3, -0.25) is 0 Å². The number of nitrogens with zero attached hydrogens (tertiary/aromatic N) is 4. The summed E-state index contributed by atoms with van der Waals surface area (Å²) < 4.78 is 58.6. The number of hydrogen-bond donors (Lipinski definition) is 2. The summed E-state index contributed by atoms with van der Waals surface area (Å²) in [6.07, 6.45) is 0.468. The van der Waals surface area contributed by atoms with Gasteiger partial charge in [-0.15, -0.1) is 0 Å². The number of nitrogens with two attached hydrogens (primary N) is 1. The van der Waals surface area contributed by atoms with Crippen LogP contribution in [0.4, 0.5) is 9.59 Å². The van der Waals surface area contributed by atoms with Crippen molar-refractivity contribution >= 4 is 72.7 Å². The first kappa shape index (κ1) is 59.0. The number of ether oxygens (including phenoxy) is 10. The average Bonchev–Trinajstić information content (AvgIpc) is 4.03. The standard InChI is InChI=1S/C27H34N2O7.C16H20N2O3S.C10H13NO3.2H2S/c1-18-24-20(29(28-18)26(31)36-27(2,3)4)10-7-11-21(24)35-17-19(30)9-5-6-14-32-22-12-8-13-23-25(22)34-16-15-33-23;1-10-14-12(18(17-10)15(19)21-16(2,3)4)6-5-7-13(14)20-8-11-9-22-11;11-4-5-12-8-2-1-3-9-10(8)14-7-6-13-9;;/h7-8,10-13,19,30H,5-6,9,14-17H2,1-4H3;5-7,11H,8-9H2,1-4H3;1-3H,4-7,11H2;2*1H2/t19-;11-;;;/m01.../s1. The van der Waals surface area contributed by atoms with E-state index < -0.39 is 29.5 Å². The van der Waals surface area contributed by atoms with E-state index in [0.717, 1.165) is 46.6 Å². The van der Waals surface area contributed by atoms with Crippen molar-refractivity contribution in [3.8, 4) is 46.0 Å². The Bertz CT molecular complexity index is 2790. The first-order valence-electron chi connectivity index (χ1n) is 24.2. The molecule has 0 spiro atoms. The topological polar surface area (TPSA) is 208 Å². The van der Waals surface area contributed by atoms with Crippen LogP contribution >= 0.6 is 38.8 Å². The third-order valence-electron chi connectivity index (χ3n) is 10.7. The molecule has 4 aromatic carbocycles. The molecule has 3 aliphatic heterocycles. The van der Waals surface area contributed by atoms with Crippen LogP contribution in [0.15, 0.2) is 72.8 Å². The quantitative estimate of drug-likeness (QED) is 0.0725. The van der Waals surface area contributed by atoms with Gasteiger partial charge in [0.1, 0.15) is 68.9 Å². The zero-order valence-electron chi connectivity index (χ0n) is 43.4. The van der Waals surface area contributed by atoms with Crippen LogP contribution in [0.1, 0.15) is 72.2 Å². The Labute approximate surface area is 450 Å². The molecular formula is C53H71N5O13S3. The van der Waals surface area contributed by atoms with Crippen LogP contribution in [0.25, 0.3) is 21.8 Å². The van der Waals surface area contributed by atoms with Gasteiger partial charge >= 0.3 is 12.2 Å². The van der Waals surface area contributed by atoms with Crippen molar-refractivity contribution in [2.75, 3.05) is 65.2 Å². The van der Waals surface area contributed by atoms with Gasteiger partial charge in [0.25, 0.3) is 0 Å². The van der Waals surface area contributed by atoms with E-state index in [9.17, 15) is 14.7 Å². The summed E-state index contributed by atoms with van der Waals surface area (Å²) in [4.78, 5) is 24.9. The smallest absolute Gasteiger partial charge is 0.435 e. The van der Waals surface area contributed by atoms with Crippen molar-refractivity contribution in [1.82, 2.24) is 19.6 Å². The summed E-state index contributed by atoms with van der Waals surface area (Å²) in [5.41, 5.74) is 6.90. The predicted octanol–water partition coefficient (Wildman–Crippen LogP) is 9.53. The summed E-state index contributed by atoms with van der Waals surface area (Å²) in [5.74, 6) is 6.66. The summed E-state index contributed by atoms with van der Waals surface area (Å²) in [6.45, 7) is 19.2. The Morgan fingerprint density at radius 2 is 1.11 bits per heavy atom. The number of hydrogen-bond acceptors (Lipinski definition) is 17. The van der Waals surface area contributed by atoms with Gasteiger partial charge in [0.15, 0.2) is 23.0 Å². The fraction of sp³-hybridized carbons (Fsp3) is 0.472. The van der Waals surface area contributed by atoms with Gasteiger partial charge in [-0.2, -0.15) is 58.3 Å². The molecule has 74 heavy (non-hydrogen) atoms. The molecule has 5 heterocycles. The minimum atomic E-state index is -0.636. The fourth-order valence-electron chi connectivity index (χ4n) is 7.53. The van der Waals surface area contributed by atoms with Crippen molar-refractivity contribution in [2.45, 2.75) is 97.2 Å². The van der Waals surface area contributed by atoms with Crippen molar-refractivity contribution < 1.29 is 62.1 Å². The SMILES string of the molecule is Cc1nn(C(=O)OC(C)(C)C)c2cccc(OC[C@@H](O)CCCCOc3cccc4c3OCCO4)c12.Cc1nn(C(=O)OC(C)(C)C)c2cccc(OC[C@@H]3CS3)c12.NCCOc1cccc2c1OCCO2.S.S. The second-order valence-electron chi connectivity index (χ2n) is 19.0. The first-order valence-corrected chi connectivity index (χ1v) is 25.3. The number of fused-ring (bicyclic) bond motifs is 4. The van der Waals surface area contributed by atoms with E-state index >= 15 is 0 Å². The molecule has 2 atom stereocenters. The fourth-order valence-corrected chi connectivity index (χ4v) is 7.92. The van der Waals surface area contributed by atoms with E-state index in [2.05, 4.69) is 10.2 Å². The highest BCUT2D eigenvalue weighted by molar-refractivity contribution is 8.06. The van der Waals surface area contributed by atoms with Crippen LogP contribution in [0.3, 0.4) is 0 Å². The molecule has 3 aliphatic rings. The van der Waals surface area contributed by atoms with E-state index in [0.29, 0.717) is 116 Å². The highest BCUT2D eigenvalue weighted by Gasteiger charge is 2.27. The van der Waals surface area contributed by atoms with Gasteiger partial charge in [-0.1, -0.05) is 24.3 Å². The van der Waals surface area contributed by atoms with Gasteiger partial charge in [0, 0.05) is 17.5 Å². The van der Waals surface area contributed by atoms with Crippen LogP contribution in [0.2, 0.25) is 0 Å². The van der Waals surface area contributed by atoms with Crippen molar-refractivity contribution in [2.24, 2.45) is 5.73 Å². The third-order valence-corrected chi connectivity index (χ3v) is 11.6. The Kier molecular flexibility index (Phi) is 21.6. The van der Waals surface area contributed by atoms with Crippen LogP contribution in [-0.2, 0) is 9.47 Å². The number of unbranched alkanes of at least 4 members (excludes halogenated alkanes) is 1. The summed E-state index contributed by atoms with van der Waals surface area (Å²) in [6, 6.07) is 22.2. The van der Waals surface area contributed by atoms with Crippen LogP contribution in [0.5, 0.6) is 46.0 Å². The summed E-state index contributed by atoms with van der Waals surface area (Å²) in [5, 5.41) is 21.3. The minimum Gasteiger partial charge on any atom is -0.492 e. The molecule has 6 aromatic rings. The zero-order valence-corrected chi connectivity index (χ0v) is 46.2. The second-order valence-corrected chi connectivity index (χ2v) is 20.4. The van der Waals surface area contributed by atoms with Crippen molar-refractivity contribution in [3.63, 3.8) is 0 Å². The largest absolute Gasteiger partial charge is 0.492 e. The Morgan fingerprint density at radius 1 is 0.662 bits per heavy atom. The highest BCUT2D eigenvalue weighted by atomic mass is 32.2. The molecule has 21 heteroatoms. The molecule has 1 saturated heterocycles. The van der Waals surface area contributed by atoms with Gasteiger partial charge < -0.3 is 58.2 Å². The molecule has 3 N–H and O–H groups in total. The van der Waals surface area contributed by atoms with E-state index in [1.54, 1.807) is 12.1 Å². The summed E-state index contributed by atoms with van der Waals surface area (Å²) in [7, 11) is 0. The maximum Gasteiger partial charge on any atom is 0.435 e. The second kappa shape index (κ2) is 27.1. The number of carbonyl (C=O) groups excluding carboxylic acids is 2. The molecule has 18 nitrogen and oxygen atoms in total. The van der Waals surface area contributed by atoms with Crippen LogP contribution in [-0.4, -0.2) is 125 Å². The van der Waals surface area contributed by atoms with E-state index in [4.69, 9.17) is 53.1 Å². The minimum absolute atomic E-state index is 0. The molecular weight excluding hydrogens is 1010 g/mol. The lowest BCUT2D eigenvalue weighted by Gasteiger charge is -2.20. The summed E-state index contributed by atoms with van der Waals surface area (Å²) >= 11 is 1.89. The number of aryl methyl sites for hydroxylation is 2. The molecule has 0 bridgehead atoms. The first-order chi connectivity index (χ1) is 34.5. The van der Waals surface area contributed by atoms with Crippen molar-refractivity contribution in [1.29, 1.82) is 0 Å². The van der Waals surface area contributed by atoms with Crippen LogP contribution in [0, 0.1) is 13.8 Å². The highest BCUT2D eigenvalue weighted by Crippen LogP contribution is 2.40. The van der Waals surface area contributed by atoms with Gasteiger partial charge in [-0.25, -0.2) is 9.59 Å². The molecule has 0 radical (unpaired) electrons. The predicted molar refractivity (Wildman–Crippen MR) is 295 cm³/mol. The number of para-hydroxylation sites is 2. The number of rotatable bonds is 15. The Morgan fingerprint density at radius 3 is 1.58 bits per heavy atom. The lowest BCUT2D eigenvalue weighted by Crippen LogP contribution is -2.27. The number of carbonyl (C=O) groups is 2. The lowest BCUT2D eigenvalue weighted by atomic mass is 10.1. The number of aromatic nitrogens is 4. The maximum atomic E-state index is 12.6. The van der Waals surface area contributed by atoms with Gasteiger partial charge in [0.2, 0.25) is 11.5 Å². The number of aliphatic hydroxyl groups is 1. The number of thioether (sulfide) groups is 1. The normalized spacial score (nSPS) is 14.6. The molecule has 0 saturated carbocycles. The molecule has 1 fully saturated rings. The number of benzene rings is 4. The van der Waals surface area contributed by atoms with E-state index in [1.807, 2.05) is 128 Å². The number of aliphatic hydroxyl groups excluding tert-OH is 1. The Hall–Kier alpha value is -5.87. The monoisotopic (exact) mass is 1080 g/mol. The average molecular weight is 1080 g/mol. The van der Waals surface area contributed by atoms with Crippen LogP contribution < -0.4 is 43.6 Å². The molecule has 0 amide bonds. The molecule has 0 unspecified atom stereocenters. The van der Waals surface area contributed by atoms with E-state index in [1.165, 1.54) is 9.36 Å². The third kappa shape index (κ3) is 16.3. The van der Waals surface area contributed by atoms with Gasteiger partial charge in [0.05, 0.1) is 45.9 Å². The molecule has 0 aliphatic carbocycles. The zero-order chi connectivity index (χ0) is 51.4. The van der Waals surface area contributed by atoms with Crippen molar-refractivity contribution in [3.05, 3.63) is 84.2 Å². The Balaban J connectivity index is 0.000000226. The maximum absolute atomic E-state index is 12.6. The molecule has 9 rings (SSSR count). The molecule has 2 aromatic heterocycles.